The fourth-order valence-corrected chi connectivity index (χ4v) is 2.97. The summed E-state index contributed by atoms with van der Waals surface area (Å²) in [5, 5.41) is 2.92. The minimum atomic E-state index is -0.544. The molecule has 0 bridgehead atoms. The molecule has 0 radical (unpaired) electrons. The molecule has 0 spiro atoms. The van der Waals surface area contributed by atoms with Crippen LogP contribution in [-0.4, -0.2) is 24.5 Å². The van der Waals surface area contributed by atoms with Crippen molar-refractivity contribution in [2.45, 2.75) is 33.3 Å². The number of anilines is 2. The highest BCUT2D eigenvalue weighted by atomic mass is 16.5. The second kappa shape index (κ2) is 6.97. The van der Waals surface area contributed by atoms with Gasteiger partial charge in [0.05, 0.1) is 5.69 Å². The van der Waals surface area contributed by atoms with Crippen molar-refractivity contribution in [3.05, 3.63) is 53.6 Å². The zero-order chi connectivity index (χ0) is 18.0. The third-order valence-electron chi connectivity index (χ3n) is 4.29. The Balaban J connectivity index is 1.68. The van der Waals surface area contributed by atoms with Gasteiger partial charge in [0.1, 0.15) is 5.75 Å². The van der Waals surface area contributed by atoms with E-state index in [1.165, 1.54) is 0 Å². The number of benzene rings is 2. The van der Waals surface area contributed by atoms with Crippen molar-refractivity contribution >= 4 is 23.2 Å². The summed E-state index contributed by atoms with van der Waals surface area (Å²) in [6.07, 6.45) is -0.322. The Labute approximate surface area is 147 Å². The fraction of sp³-hybridized carbons (Fsp3) is 0.300. The third kappa shape index (κ3) is 3.65. The quantitative estimate of drug-likeness (QED) is 0.929. The summed E-state index contributed by atoms with van der Waals surface area (Å²) in [5.74, 6) is 0.429. The summed E-state index contributed by atoms with van der Waals surface area (Å²) in [7, 11) is 0. The number of para-hydroxylation sites is 2. The lowest BCUT2D eigenvalue weighted by molar-refractivity contribution is -0.125. The molecule has 1 unspecified atom stereocenters. The molecule has 3 rings (SSSR count). The molecule has 0 saturated heterocycles. The first-order chi connectivity index (χ1) is 12.0. The number of hydrogen-bond acceptors (Lipinski definition) is 3. The molecule has 2 amide bonds. The van der Waals surface area contributed by atoms with E-state index >= 15 is 0 Å². The van der Waals surface area contributed by atoms with Crippen LogP contribution in [0.4, 0.5) is 11.4 Å². The molecular weight excluding hydrogens is 316 g/mol. The van der Waals surface area contributed by atoms with E-state index in [9.17, 15) is 9.59 Å². The summed E-state index contributed by atoms with van der Waals surface area (Å²) in [5.41, 5.74) is 3.69. The molecule has 1 heterocycles. The highest BCUT2D eigenvalue weighted by Crippen LogP contribution is 2.33. The molecule has 5 nitrogen and oxygen atoms in total. The van der Waals surface area contributed by atoms with Crippen LogP contribution >= 0.6 is 0 Å². The average Bonchev–Trinajstić information content (AvgIpc) is 2.58. The summed E-state index contributed by atoms with van der Waals surface area (Å²) in [4.78, 5) is 26.4. The Morgan fingerprint density at radius 2 is 1.96 bits per heavy atom. The second-order valence-electron chi connectivity index (χ2n) is 6.33. The Hall–Kier alpha value is -2.82. The van der Waals surface area contributed by atoms with Gasteiger partial charge in [0.25, 0.3) is 5.91 Å². The van der Waals surface area contributed by atoms with Gasteiger partial charge < -0.3 is 15.0 Å². The van der Waals surface area contributed by atoms with Crippen molar-refractivity contribution in [3.63, 3.8) is 0 Å². The van der Waals surface area contributed by atoms with Crippen LogP contribution in [0.15, 0.2) is 42.5 Å². The standard InChI is InChI=1S/C20H22N2O3/c1-13-8-9-16(14(2)12-13)21-19(23)10-11-22-17-6-4-5-7-18(17)25-15(3)20(22)24/h4-9,12,15H,10-11H2,1-3H3,(H,21,23). The number of rotatable bonds is 4. The normalized spacial score (nSPS) is 16.2. The van der Waals surface area contributed by atoms with Gasteiger partial charge in [-0.2, -0.15) is 0 Å². The SMILES string of the molecule is Cc1ccc(NC(=O)CCN2C(=O)C(C)Oc3ccccc32)c(C)c1. The number of carbonyl (C=O) groups is 2. The zero-order valence-corrected chi connectivity index (χ0v) is 14.7. The van der Waals surface area contributed by atoms with Gasteiger partial charge in [-0.15, -0.1) is 0 Å². The van der Waals surface area contributed by atoms with Crippen LogP contribution in [0.2, 0.25) is 0 Å². The highest BCUT2D eigenvalue weighted by Gasteiger charge is 2.31. The van der Waals surface area contributed by atoms with Gasteiger partial charge in [-0.25, -0.2) is 0 Å². The maximum absolute atomic E-state index is 12.4. The van der Waals surface area contributed by atoms with Crippen LogP contribution in [0.25, 0.3) is 0 Å². The lowest BCUT2D eigenvalue weighted by atomic mass is 10.1. The maximum atomic E-state index is 12.4. The van der Waals surface area contributed by atoms with E-state index in [1.54, 1.807) is 11.8 Å². The molecule has 5 heteroatoms. The van der Waals surface area contributed by atoms with Crippen molar-refractivity contribution in [2.75, 3.05) is 16.8 Å². The van der Waals surface area contributed by atoms with Crippen LogP contribution in [0.5, 0.6) is 5.75 Å². The molecule has 1 atom stereocenters. The Morgan fingerprint density at radius 3 is 2.72 bits per heavy atom. The molecule has 130 valence electrons. The summed E-state index contributed by atoms with van der Waals surface area (Å²) < 4.78 is 5.61. The van der Waals surface area contributed by atoms with E-state index in [2.05, 4.69) is 5.32 Å². The number of aryl methyl sites for hydroxylation is 2. The third-order valence-corrected chi connectivity index (χ3v) is 4.29. The number of amides is 2. The predicted octanol–water partition coefficient (Wildman–Crippen LogP) is 3.45. The molecule has 2 aromatic rings. The first kappa shape index (κ1) is 17.0. The number of fused-ring (bicyclic) bond motifs is 1. The monoisotopic (exact) mass is 338 g/mol. The number of nitrogens with one attached hydrogen (secondary N) is 1. The van der Waals surface area contributed by atoms with Gasteiger partial charge in [-0.05, 0) is 44.5 Å². The zero-order valence-electron chi connectivity index (χ0n) is 14.7. The summed E-state index contributed by atoms with van der Waals surface area (Å²) in [6, 6.07) is 13.3. The van der Waals surface area contributed by atoms with Crippen LogP contribution in [0.3, 0.4) is 0 Å². The largest absolute Gasteiger partial charge is 0.479 e. The lowest BCUT2D eigenvalue weighted by Gasteiger charge is -2.32. The smallest absolute Gasteiger partial charge is 0.267 e. The van der Waals surface area contributed by atoms with Gasteiger partial charge in [0.2, 0.25) is 5.91 Å². The lowest BCUT2D eigenvalue weighted by Crippen LogP contribution is -2.45. The molecule has 2 aromatic carbocycles. The van der Waals surface area contributed by atoms with E-state index in [1.807, 2.05) is 56.3 Å². The Kier molecular flexibility index (Phi) is 4.74. The number of carbonyl (C=O) groups excluding carboxylic acids is 2. The Morgan fingerprint density at radius 1 is 1.20 bits per heavy atom. The van der Waals surface area contributed by atoms with Gasteiger partial charge in [0.15, 0.2) is 6.10 Å². The minimum Gasteiger partial charge on any atom is -0.479 e. The van der Waals surface area contributed by atoms with Gasteiger partial charge >= 0.3 is 0 Å². The van der Waals surface area contributed by atoms with Gasteiger partial charge in [-0.3, -0.25) is 9.59 Å². The molecule has 0 fully saturated rings. The molecule has 0 aromatic heterocycles. The van der Waals surface area contributed by atoms with Crippen LogP contribution < -0.4 is 15.0 Å². The summed E-state index contributed by atoms with van der Waals surface area (Å²) >= 11 is 0. The van der Waals surface area contributed by atoms with Crippen molar-refractivity contribution in [1.29, 1.82) is 0 Å². The molecular formula is C20H22N2O3. The molecule has 1 N–H and O–H groups in total. The number of hydrogen-bond donors (Lipinski definition) is 1. The van der Waals surface area contributed by atoms with Crippen LogP contribution in [-0.2, 0) is 9.59 Å². The predicted molar refractivity (Wildman–Crippen MR) is 98.0 cm³/mol. The molecule has 1 aliphatic heterocycles. The van der Waals surface area contributed by atoms with Crippen molar-refractivity contribution < 1.29 is 14.3 Å². The molecule has 0 saturated carbocycles. The second-order valence-corrected chi connectivity index (χ2v) is 6.33. The Bertz CT molecular complexity index is 816. The summed E-state index contributed by atoms with van der Waals surface area (Å²) in [6.45, 7) is 6.02. The van der Waals surface area contributed by atoms with E-state index in [-0.39, 0.29) is 18.2 Å². The first-order valence-electron chi connectivity index (χ1n) is 8.40. The topological polar surface area (TPSA) is 58.6 Å². The van der Waals surface area contributed by atoms with Crippen molar-refractivity contribution in [1.82, 2.24) is 0 Å². The van der Waals surface area contributed by atoms with Crippen LogP contribution in [0.1, 0.15) is 24.5 Å². The van der Waals surface area contributed by atoms with E-state index in [0.29, 0.717) is 18.0 Å². The minimum absolute atomic E-state index is 0.114. The molecule has 0 aliphatic carbocycles. The van der Waals surface area contributed by atoms with Gasteiger partial charge in [0, 0.05) is 18.7 Å². The fourth-order valence-electron chi connectivity index (χ4n) is 2.97. The van der Waals surface area contributed by atoms with E-state index in [0.717, 1.165) is 16.8 Å². The van der Waals surface area contributed by atoms with Gasteiger partial charge in [-0.1, -0.05) is 29.8 Å². The van der Waals surface area contributed by atoms with Crippen LogP contribution in [0, 0.1) is 13.8 Å². The van der Waals surface area contributed by atoms with E-state index < -0.39 is 6.10 Å². The molecule has 1 aliphatic rings. The van der Waals surface area contributed by atoms with Crippen molar-refractivity contribution in [2.24, 2.45) is 0 Å². The highest BCUT2D eigenvalue weighted by molar-refractivity contribution is 6.00. The molecule has 25 heavy (non-hydrogen) atoms. The van der Waals surface area contributed by atoms with E-state index in [4.69, 9.17) is 4.74 Å². The first-order valence-corrected chi connectivity index (χ1v) is 8.40. The number of nitrogens with zero attached hydrogens (tertiary/aromatic N) is 1. The maximum Gasteiger partial charge on any atom is 0.267 e. The number of ether oxygens (including phenoxy) is 1. The van der Waals surface area contributed by atoms with Crippen molar-refractivity contribution in [3.8, 4) is 5.75 Å². The average molecular weight is 338 g/mol.